The molecule has 2 unspecified atom stereocenters. The van der Waals surface area contributed by atoms with Crippen LogP contribution in [0.3, 0.4) is 0 Å². The lowest BCUT2D eigenvalue weighted by Gasteiger charge is -2.60. The van der Waals surface area contributed by atoms with Crippen molar-refractivity contribution in [3.63, 3.8) is 0 Å². The summed E-state index contributed by atoms with van der Waals surface area (Å²) in [6.07, 6.45) is 5.79. The molecular weight excluding hydrogens is 310 g/mol. The Morgan fingerprint density at radius 3 is 2.21 bits per heavy atom. The van der Waals surface area contributed by atoms with Gasteiger partial charge in [0.1, 0.15) is 0 Å². The highest BCUT2D eigenvalue weighted by Crippen LogP contribution is 2.62. The number of hydrogen-bond donors (Lipinski definition) is 4. The van der Waals surface area contributed by atoms with Gasteiger partial charge >= 0.3 is 11.8 Å². The number of aliphatic hydroxyl groups is 1. The van der Waals surface area contributed by atoms with Crippen molar-refractivity contribution in [3.05, 3.63) is 0 Å². The first-order valence-corrected chi connectivity index (χ1v) is 8.81. The number of carbonyl (C=O) groups is 3. The standard InChI is InChI=1S/C17H27N3O4/c1-10(2)18-14(22)15(23)20-19-13(21)8-16-4-11-3-12(5-16)7-17(24,6-11)9-16/h10-12,24H,3-9H2,1-2H3,(H,18,22)(H,19,21)(H,20,23)/t11-,12+,16?,17?. The van der Waals surface area contributed by atoms with Crippen LogP contribution in [0.5, 0.6) is 0 Å². The highest BCUT2D eigenvalue weighted by molar-refractivity contribution is 6.35. The van der Waals surface area contributed by atoms with Gasteiger partial charge in [0.05, 0.1) is 5.60 Å². The van der Waals surface area contributed by atoms with Crippen molar-refractivity contribution in [3.8, 4) is 0 Å². The monoisotopic (exact) mass is 337 g/mol. The van der Waals surface area contributed by atoms with Crippen LogP contribution in [0.4, 0.5) is 0 Å². The SMILES string of the molecule is CC(C)NC(=O)C(=O)NNC(=O)CC12C[C@@H]3C[C@@H](CC(O)(C3)C1)C2. The zero-order chi connectivity index (χ0) is 17.5. The van der Waals surface area contributed by atoms with Crippen LogP contribution in [0.2, 0.25) is 0 Å². The van der Waals surface area contributed by atoms with E-state index in [9.17, 15) is 19.5 Å². The Labute approximate surface area is 141 Å². The molecule has 7 heteroatoms. The molecule has 0 aliphatic heterocycles. The minimum atomic E-state index is -0.874. The molecule has 4 saturated carbocycles. The quantitative estimate of drug-likeness (QED) is 0.441. The van der Waals surface area contributed by atoms with Gasteiger partial charge in [-0.15, -0.1) is 0 Å². The molecule has 134 valence electrons. The topological polar surface area (TPSA) is 108 Å². The summed E-state index contributed by atoms with van der Waals surface area (Å²) in [7, 11) is 0. The fraction of sp³-hybridized carbons (Fsp3) is 0.824. The van der Waals surface area contributed by atoms with E-state index in [4.69, 9.17) is 0 Å². The van der Waals surface area contributed by atoms with Gasteiger partial charge in [-0.05, 0) is 69.6 Å². The molecule has 0 spiro atoms. The summed E-state index contributed by atoms with van der Waals surface area (Å²) in [6.45, 7) is 3.50. The number of hydrazine groups is 1. The van der Waals surface area contributed by atoms with Gasteiger partial charge < -0.3 is 10.4 Å². The molecule has 7 nitrogen and oxygen atoms in total. The zero-order valence-electron chi connectivity index (χ0n) is 14.4. The molecule has 0 aromatic rings. The zero-order valence-corrected chi connectivity index (χ0v) is 14.4. The summed E-state index contributed by atoms with van der Waals surface area (Å²) in [5.41, 5.74) is 3.74. The third-order valence-electron chi connectivity index (χ3n) is 5.63. The van der Waals surface area contributed by atoms with Gasteiger partial charge in [0.2, 0.25) is 5.91 Å². The summed E-state index contributed by atoms with van der Waals surface area (Å²) in [4.78, 5) is 35.4. The van der Waals surface area contributed by atoms with Crippen molar-refractivity contribution < 1.29 is 19.5 Å². The summed E-state index contributed by atoms with van der Waals surface area (Å²) < 4.78 is 0. The second kappa shape index (κ2) is 6.02. The van der Waals surface area contributed by atoms with Crippen molar-refractivity contribution >= 4 is 17.7 Å². The van der Waals surface area contributed by atoms with E-state index < -0.39 is 17.4 Å². The number of amides is 3. The van der Waals surface area contributed by atoms with E-state index in [2.05, 4.69) is 16.2 Å². The minimum Gasteiger partial charge on any atom is -0.390 e. The first-order valence-electron chi connectivity index (χ1n) is 8.81. The fourth-order valence-electron chi connectivity index (χ4n) is 5.50. The Morgan fingerprint density at radius 1 is 1.04 bits per heavy atom. The average molecular weight is 337 g/mol. The molecule has 4 N–H and O–H groups in total. The van der Waals surface area contributed by atoms with E-state index in [-0.39, 0.29) is 23.8 Å². The Kier molecular flexibility index (Phi) is 4.32. The van der Waals surface area contributed by atoms with E-state index in [1.165, 1.54) is 0 Å². The largest absolute Gasteiger partial charge is 0.390 e. The van der Waals surface area contributed by atoms with Crippen molar-refractivity contribution in [2.24, 2.45) is 17.3 Å². The van der Waals surface area contributed by atoms with Gasteiger partial charge in [0.15, 0.2) is 0 Å². The van der Waals surface area contributed by atoms with Crippen LogP contribution >= 0.6 is 0 Å². The predicted octanol–water partition coefficient (Wildman–Crippen LogP) is 0.380. The summed E-state index contributed by atoms with van der Waals surface area (Å²) in [5, 5.41) is 13.2. The molecule has 3 amide bonds. The fourth-order valence-corrected chi connectivity index (χ4v) is 5.50. The molecular formula is C17H27N3O4. The Bertz CT molecular complexity index is 546. The normalized spacial score (nSPS) is 36.5. The number of hydrogen-bond acceptors (Lipinski definition) is 4. The maximum Gasteiger partial charge on any atom is 0.327 e. The van der Waals surface area contributed by atoms with Gasteiger partial charge in [-0.25, -0.2) is 0 Å². The lowest BCUT2D eigenvalue weighted by atomic mass is 9.47. The maximum atomic E-state index is 12.2. The number of rotatable bonds is 3. The van der Waals surface area contributed by atoms with Crippen LogP contribution in [0, 0.1) is 17.3 Å². The molecule has 0 aromatic heterocycles. The molecule has 0 heterocycles. The van der Waals surface area contributed by atoms with E-state index in [1.54, 1.807) is 13.8 Å². The molecule has 4 rings (SSSR count). The molecule has 0 saturated heterocycles. The van der Waals surface area contributed by atoms with Crippen LogP contribution in [0.15, 0.2) is 0 Å². The van der Waals surface area contributed by atoms with E-state index >= 15 is 0 Å². The highest BCUT2D eigenvalue weighted by atomic mass is 16.3. The van der Waals surface area contributed by atoms with Gasteiger partial charge in [-0.1, -0.05) is 0 Å². The number of nitrogens with one attached hydrogen (secondary N) is 3. The summed E-state index contributed by atoms with van der Waals surface area (Å²) in [6, 6.07) is -0.147. The third kappa shape index (κ3) is 3.55. The van der Waals surface area contributed by atoms with E-state index in [0.29, 0.717) is 18.3 Å². The lowest BCUT2D eigenvalue weighted by Crippen LogP contribution is -2.57. The lowest BCUT2D eigenvalue weighted by molar-refractivity contribution is -0.169. The molecule has 4 aliphatic carbocycles. The van der Waals surface area contributed by atoms with Gasteiger partial charge in [0.25, 0.3) is 0 Å². The van der Waals surface area contributed by atoms with Crippen LogP contribution in [0.25, 0.3) is 0 Å². The summed E-state index contributed by atoms with van der Waals surface area (Å²) in [5.74, 6) is -0.923. The average Bonchev–Trinajstić information content (AvgIpc) is 2.40. The second-order valence-electron chi connectivity index (χ2n) is 8.49. The summed E-state index contributed by atoms with van der Waals surface area (Å²) >= 11 is 0. The Morgan fingerprint density at radius 2 is 1.67 bits per heavy atom. The first kappa shape index (κ1) is 17.2. The minimum absolute atomic E-state index is 0.147. The van der Waals surface area contributed by atoms with E-state index in [1.807, 2.05) is 0 Å². The molecule has 4 bridgehead atoms. The Hall–Kier alpha value is -1.63. The Balaban J connectivity index is 1.52. The van der Waals surface area contributed by atoms with Crippen molar-refractivity contribution in [1.82, 2.24) is 16.2 Å². The molecule has 0 aromatic carbocycles. The van der Waals surface area contributed by atoms with Crippen LogP contribution in [-0.4, -0.2) is 34.5 Å². The highest BCUT2D eigenvalue weighted by Gasteiger charge is 2.57. The molecule has 4 atom stereocenters. The third-order valence-corrected chi connectivity index (χ3v) is 5.63. The predicted molar refractivity (Wildman–Crippen MR) is 86.2 cm³/mol. The van der Waals surface area contributed by atoms with E-state index in [0.717, 1.165) is 32.1 Å². The van der Waals surface area contributed by atoms with Gasteiger partial charge in [-0.3, -0.25) is 25.2 Å². The molecule has 4 fully saturated rings. The second-order valence-corrected chi connectivity index (χ2v) is 8.49. The smallest absolute Gasteiger partial charge is 0.327 e. The van der Waals surface area contributed by atoms with Gasteiger partial charge in [0, 0.05) is 12.5 Å². The molecule has 4 aliphatic rings. The van der Waals surface area contributed by atoms with Crippen LogP contribution < -0.4 is 16.2 Å². The van der Waals surface area contributed by atoms with Crippen LogP contribution in [-0.2, 0) is 14.4 Å². The van der Waals surface area contributed by atoms with Gasteiger partial charge in [-0.2, -0.15) is 0 Å². The first-order chi connectivity index (χ1) is 11.2. The molecule has 24 heavy (non-hydrogen) atoms. The number of carbonyl (C=O) groups excluding carboxylic acids is 3. The van der Waals surface area contributed by atoms with Crippen molar-refractivity contribution in [2.75, 3.05) is 0 Å². The maximum absolute atomic E-state index is 12.2. The van der Waals surface area contributed by atoms with Crippen molar-refractivity contribution in [1.29, 1.82) is 0 Å². The van der Waals surface area contributed by atoms with Crippen molar-refractivity contribution in [2.45, 2.75) is 70.4 Å². The molecule has 0 radical (unpaired) electrons. The van der Waals surface area contributed by atoms with Crippen LogP contribution in [0.1, 0.15) is 58.8 Å².